The van der Waals surface area contributed by atoms with Crippen LogP contribution in [0.2, 0.25) is 0 Å². The molecule has 1 aromatic carbocycles. The Morgan fingerprint density at radius 1 is 1.05 bits per heavy atom. The highest BCUT2D eigenvalue weighted by molar-refractivity contribution is 5.66. The van der Waals surface area contributed by atoms with Gasteiger partial charge in [-0.25, -0.2) is 9.37 Å². The topological polar surface area (TPSA) is 16.1 Å². The molecule has 6 heteroatoms. The van der Waals surface area contributed by atoms with Crippen LogP contribution in [0.1, 0.15) is 11.1 Å². The van der Waals surface area contributed by atoms with E-state index in [-0.39, 0.29) is 5.56 Å². The number of aryl methyl sites for hydroxylation is 1. The third-order valence-corrected chi connectivity index (χ3v) is 3.08. The van der Waals surface area contributed by atoms with Crippen molar-refractivity contribution in [2.75, 3.05) is 19.0 Å². The van der Waals surface area contributed by atoms with E-state index in [9.17, 15) is 17.6 Å². The Balaban J connectivity index is 2.50. The maximum absolute atomic E-state index is 13.3. The molecule has 0 aliphatic carbocycles. The summed E-state index contributed by atoms with van der Waals surface area (Å²) in [5.74, 6) is -0.544. The second kappa shape index (κ2) is 5.35. The summed E-state index contributed by atoms with van der Waals surface area (Å²) in [6.07, 6.45) is -3.23. The summed E-state index contributed by atoms with van der Waals surface area (Å²) in [5.41, 5.74) is 0.359. The van der Waals surface area contributed by atoms with Crippen LogP contribution in [0.4, 0.5) is 23.4 Å². The van der Waals surface area contributed by atoms with Crippen LogP contribution in [0.5, 0.6) is 0 Å². The third-order valence-electron chi connectivity index (χ3n) is 3.08. The second-order valence-corrected chi connectivity index (χ2v) is 4.95. The van der Waals surface area contributed by atoms with E-state index in [0.29, 0.717) is 5.56 Å². The minimum atomic E-state index is -4.72. The summed E-state index contributed by atoms with van der Waals surface area (Å²) in [5, 5.41) is 0. The average molecular weight is 298 g/mol. The molecule has 0 atom stereocenters. The molecular weight excluding hydrogens is 284 g/mol. The first-order chi connectivity index (χ1) is 9.70. The molecule has 2 nitrogen and oxygen atoms in total. The Labute approximate surface area is 120 Å². The Morgan fingerprint density at radius 2 is 1.71 bits per heavy atom. The van der Waals surface area contributed by atoms with Gasteiger partial charge in [0.25, 0.3) is 0 Å². The number of alkyl halides is 3. The van der Waals surface area contributed by atoms with Crippen molar-refractivity contribution in [3.8, 4) is 11.1 Å². The van der Waals surface area contributed by atoms with E-state index >= 15 is 0 Å². The molecule has 112 valence electrons. The van der Waals surface area contributed by atoms with Crippen LogP contribution >= 0.6 is 0 Å². The predicted octanol–water partition coefficient (Wildman–Crippen LogP) is 4.28. The maximum atomic E-state index is 13.3. The number of anilines is 1. The number of halogens is 4. The van der Waals surface area contributed by atoms with Crippen molar-refractivity contribution < 1.29 is 17.6 Å². The molecule has 0 aliphatic rings. The van der Waals surface area contributed by atoms with Crippen LogP contribution in [0.25, 0.3) is 11.1 Å². The lowest BCUT2D eigenvalue weighted by molar-refractivity contribution is -0.139. The maximum Gasteiger partial charge on any atom is 0.419 e. The van der Waals surface area contributed by atoms with Gasteiger partial charge in [-0.1, -0.05) is 6.07 Å². The first-order valence-corrected chi connectivity index (χ1v) is 6.21. The van der Waals surface area contributed by atoms with E-state index in [0.717, 1.165) is 23.5 Å². The zero-order valence-electron chi connectivity index (χ0n) is 11.8. The van der Waals surface area contributed by atoms with Gasteiger partial charge in [0.05, 0.1) is 5.56 Å². The fourth-order valence-corrected chi connectivity index (χ4v) is 2.12. The number of aromatic nitrogens is 1. The molecule has 2 aromatic rings. The van der Waals surface area contributed by atoms with Gasteiger partial charge in [0.1, 0.15) is 11.6 Å². The zero-order chi connectivity index (χ0) is 15.8. The van der Waals surface area contributed by atoms with Gasteiger partial charge < -0.3 is 4.90 Å². The van der Waals surface area contributed by atoms with Crippen LogP contribution < -0.4 is 4.90 Å². The minimum absolute atomic E-state index is 0.282. The minimum Gasteiger partial charge on any atom is -0.363 e. The lowest BCUT2D eigenvalue weighted by atomic mass is 10.0. The normalized spacial score (nSPS) is 11.6. The quantitative estimate of drug-likeness (QED) is 0.769. The second-order valence-electron chi connectivity index (χ2n) is 4.95. The van der Waals surface area contributed by atoms with Gasteiger partial charge in [0, 0.05) is 25.9 Å². The standard InChI is InChI=1S/C15H14F4N2/c1-9-6-11(8-20-14(9)21(2)3)10-4-5-13(16)12(7-10)15(17,18)19/h4-8H,1-3H3. The molecule has 0 saturated heterocycles. The van der Waals surface area contributed by atoms with E-state index in [1.165, 1.54) is 12.3 Å². The van der Waals surface area contributed by atoms with Crippen molar-refractivity contribution in [2.24, 2.45) is 0 Å². The average Bonchev–Trinajstić information content (AvgIpc) is 2.37. The number of rotatable bonds is 2. The summed E-state index contributed by atoms with van der Waals surface area (Å²) in [4.78, 5) is 6.03. The molecule has 0 saturated carbocycles. The van der Waals surface area contributed by atoms with Crippen LogP contribution in [0, 0.1) is 12.7 Å². The van der Waals surface area contributed by atoms with Gasteiger partial charge in [-0.2, -0.15) is 13.2 Å². The molecule has 1 heterocycles. The monoisotopic (exact) mass is 298 g/mol. The molecule has 0 spiro atoms. The molecule has 0 aliphatic heterocycles. The van der Waals surface area contributed by atoms with Crippen molar-refractivity contribution >= 4 is 5.82 Å². The summed E-state index contributed by atoms with van der Waals surface area (Å²) in [6.45, 7) is 1.82. The SMILES string of the molecule is Cc1cc(-c2ccc(F)c(C(F)(F)F)c2)cnc1N(C)C. The fraction of sp³-hybridized carbons (Fsp3) is 0.267. The molecule has 0 radical (unpaired) electrons. The largest absolute Gasteiger partial charge is 0.419 e. The molecule has 0 unspecified atom stereocenters. The van der Waals surface area contributed by atoms with E-state index in [1.807, 2.05) is 25.9 Å². The van der Waals surface area contributed by atoms with E-state index in [4.69, 9.17) is 0 Å². The number of hydrogen-bond donors (Lipinski definition) is 0. The first-order valence-electron chi connectivity index (χ1n) is 6.21. The highest BCUT2D eigenvalue weighted by atomic mass is 19.4. The third kappa shape index (κ3) is 3.15. The number of nitrogens with zero attached hydrogens (tertiary/aromatic N) is 2. The Bertz CT molecular complexity index is 663. The Hall–Kier alpha value is -2.11. The van der Waals surface area contributed by atoms with Gasteiger partial charge in [-0.3, -0.25) is 0 Å². The lowest BCUT2D eigenvalue weighted by Crippen LogP contribution is -2.12. The molecule has 0 amide bonds. The van der Waals surface area contributed by atoms with Gasteiger partial charge >= 0.3 is 6.18 Å². The molecule has 0 fully saturated rings. The van der Waals surface area contributed by atoms with Crippen molar-refractivity contribution in [2.45, 2.75) is 13.1 Å². The van der Waals surface area contributed by atoms with Crippen LogP contribution in [-0.4, -0.2) is 19.1 Å². The summed E-state index contributed by atoms with van der Waals surface area (Å²) >= 11 is 0. The Kier molecular flexibility index (Phi) is 3.89. The molecule has 21 heavy (non-hydrogen) atoms. The smallest absolute Gasteiger partial charge is 0.363 e. The number of benzene rings is 1. The van der Waals surface area contributed by atoms with Crippen LogP contribution in [0.15, 0.2) is 30.5 Å². The number of pyridine rings is 1. The summed E-state index contributed by atoms with van der Waals surface area (Å²) in [6, 6.07) is 4.68. The van der Waals surface area contributed by atoms with E-state index < -0.39 is 17.6 Å². The van der Waals surface area contributed by atoms with Crippen molar-refractivity contribution in [3.05, 3.63) is 47.4 Å². The first kappa shape index (κ1) is 15.3. The molecule has 1 aromatic heterocycles. The summed E-state index contributed by atoms with van der Waals surface area (Å²) < 4.78 is 51.5. The summed E-state index contributed by atoms with van der Waals surface area (Å²) in [7, 11) is 3.66. The van der Waals surface area contributed by atoms with E-state index in [2.05, 4.69) is 4.98 Å². The highest BCUT2D eigenvalue weighted by Gasteiger charge is 2.34. The predicted molar refractivity (Wildman–Crippen MR) is 73.7 cm³/mol. The molecule has 0 bridgehead atoms. The lowest BCUT2D eigenvalue weighted by Gasteiger charge is -2.15. The van der Waals surface area contributed by atoms with Gasteiger partial charge in [0.2, 0.25) is 0 Å². The van der Waals surface area contributed by atoms with Gasteiger partial charge in [-0.05, 0) is 36.2 Å². The van der Waals surface area contributed by atoms with Gasteiger partial charge in [0.15, 0.2) is 0 Å². The highest BCUT2D eigenvalue weighted by Crippen LogP contribution is 2.34. The Morgan fingerprint density at radius 3 is 2.24 bits per heavy atom. The number of hydrogen-bond acceptors (Lipinski definition) is 2. The fourth-order valence-electron chi connectivity index (χ4n) is 2.12. The van der Waals surface area contributed by atoms with Gasteiger partial charge in [-0.15, -0.1) is 0 Å². The molecule has 2 rings (SSSR count). The van der Waals surface area contributed by atoms with E-state index in [1.54, 1.807) is 6.07 Å². The zero-order valence-corrected chi connectivity index (χ0v) is 11.8. The van der Waals surface area contributed by atoms with Crippen molar-refractivity contribution in [3.63, 3.8) is 0 Å². The van der Waals surface area contributed by atoms with Crippen molar-refractivity contribution in [1.82, 2.24) is 4.98 Å². The molecule has 0 N–H and O–H groups in total. The van der Waals surface area contributed by atoms with Crippen LogP contribution in [0.3, 0.4) is 0 Å². The van der Waals surface area contributed by atoms with Crippen molar-refractivity contribution in [1.29, 1.82) is 0 Å². The molecular formula is C15H14F4N2. The van der Waals surface area contributed by atoms with Crippen LogP contribution in [-0.2, 0) is 6.18 Å².